The Hall–Kier alpha value is -5.08. The second-order valence-electron chi connectivity index (χ2n) is 28.1. The van der Waals surface area contributed by atoms with Crippen LogP contribution >= 0.6 is 7.82 Å². The van der Waals surface area contributed by atoms with E-state index in [4.69, 9.17) is 23.3 Å². The van der Waals surface area contributed by atoms with Gasteiger partial charge in [0.1, 0.15) is 20.3 Å². The molecule has 96 heavy (non-hydrogen) atoms. The molecule has 2 heterocycles. The lowest BCUT2D eigenvalue weighted by Crippen LogP contribution is -2.32. The summed E-state index contributed by atoms with van der Waals surface area (Å²) in [4.78, 5) is 63.9. The van der Waals surface area contributed by atoms with E-state index in [1.54, 1.807) is 0 Å². The van der Waals surface area contributed by atoms with Crippen molar-refractivity contribution in [3.05, 3.63) is 95.7 Å². The van der Waals surface area contributed by atoms with Gasteiger partial charge in [0.05, 0.1) is 25.2 Å². The van der Waals surface area contributed by atoms with E-state index < -0.39 is 45.2 Å². The fourth-order valence-electron chi connectivity index (χ4n) is 13.4. The van der Waals surface area contributed by atoms with E-state index in [9.17, 15) is 28.6 Å². The van der Waals surface area contributed by atoms with Crippen molar-refractivity contribution in [2.24, 2.45) is 0 Å². The molecule has 0 spiro atoms. The summed E-state index contributed by atoms with van der Waals surface area (Å²) in [6.07, 6.45) is 54.2. The van der Waals surface area contributed by atoms with Gasteiger partial charge in [0.15, 0.2) is 11.8 Å². The number of carbonyl (C=O) groups is 4. The van der Waals surface area contributed by atoms with Crippen LogP contribution in [-0.4, -0.2) is 98.3 Å². The third-order valence-corrected chi connectivity index (χ3v) is 20.1. The summed E-state index contributed by atoms with van der Waals surface area (Å²) in [5, 5.41) is 5.28. The highest BCUT2D eigenvalue weighted by Gasteiger charge is 2.43. The zero-order chi connectivity index (χ0) is 69.4. The van der Waals surface area contributed by atoms with E-state index in [0.29, 0.717) is 25.7 Å². The number of ether oxygens (including phenoxy) is 3. The van der Waals surface area contributed by atoms with E-state index in [1.807, 2.05) is 0 Å². The van der Waals surface area contributed by atoms with E-state index in [0.717, 1.165) is 57.9 Å². The number of fused-ring (bicyclic) bond motifs is 2. The number of hydrogen-bond acceptors (Lipinski definition) is 11. The molecule has 2 atom stereocenters. The highest BCUT2D eigenvalue weighted by Crippen LogP contribution is 2.48. The fourth-order valence-corrected chi connectivity index (χ4v) is 14.1. The number of allylic oxidation sites excluding steroid dienone is 6. The zero-order valence-corrected chi connectivity index (χ0v) is 62.1. The average Bonchev–Trinajstić information content (AvgIpc) is 1.61. The highest BCUT2D eigenvalue weighted by molar-refractivity contribution is 7.47. The number of amides is 2. The molecule has 0 radical (unpaired) electrons. The van der Waals surface area contributed by atoms with Gasteiger partial charge in [-0.05, 0) is 57.2 Å². The van der Waals surface area contributed by atoms with Crippen LogP contribution in [0.4, 0.5) is 16.2 Å². The number of phosphoric acid groups is 1. The van der Waals surface area contributed by atoms with E-state index >= 15 is 0 Å². The Labute approximate surface area is 582 Å². The lowest BCUT2D eigenvalue weighted by molar-refractivity contribution is -0.401. The summed E-state index contributed by atoms with van der Waals surface area (Å²) >= 11 is 0. The number of carbonyl (C=O) groups excluding carboxylic acids is 4. The molecule has 15 nitrogen and oxygen atoms in total. The first-order valence-electron chi connectivity index (χ1n) is 38.3. The van der Waals surface area contributed by atoms with Crippen LogP contribution in [0.5, 0.6) is 0 Å². The number of benzene rings is 2. The summed E-state index contributed by atoms with van der Waals surface area (Å²) in [5.41, 5.74) is 7.30. The quantitative estimate of drug-likeness (QED) is 0.0143. The Morgan fingerprint density at radius 3 is 1.53 bits per heavy atom. The van der Waals surface area contributed by atoms with Crippen LogP contribution in [0.1, 0.15) is 310 Å². The number of para-hydroxylation sites is 2. The summed E-state index contributed by atoms with van der Waals surface area (Å²) in [7, 11) is -2.55. The first-order valence-corrected chi connectivity index (χ1v) is 39.8. The number of esters is 2. The van der Waals surface area contributed by atoms with Gasteiger partial charge in [-0.3, -0.25) is 23.4 Å². The number of nitrogens with one attached hydrogen (secondary N) is 2. The number of hydrogen-bond donors (Lipinski definition) is 3. The van der Waals surface area contributed by atoms with Crippen molar-refractivity contribution in [2.75, 3.05) is 58.0 Å². The maximum absolute atomic E-state index is 13.0. The van der Waals surface area contributed by atoms with Gasteiger partial charge < -0.3 is 34.6 Å². The Bertz CT molecular complexity index is 2670. The van der Waals surface area contributed by atoms with Crippen LogP contribution in [0.25, 0.3) is 0 Å². The number of phosphoric ester groups is 1. The lowest BCUT2D eigenvalue weighted by Gasteiger charge is -2.27. The van der Waals surface area contributed by atoms with Crippen molar-refractivity contribution in [1.82, 2.24) is 10.6 Å². The fraction of sp³-hybridized carbons (Fsp3) is 0.713. The largest absolute Gasteiger partial charge is 0.472 e. The summed E-state index contributed by atoms with van der Waals surface area (Å²) in [6, 6.07) is 17.2. The number of alkyl carbamates (subject to hydrolysis) is 1. The number of rotatable bonds is 58. The predicted octanol–water partition coefficient (Wildman–Crippen LogP) is 20.6. The van der Waals surface area contributed by atoms with Crippen molar-refractivity contribution in [3.63, 3.8) is 0 Å². The Balaban J connectivity index is 1.09. The van der Waals surface area contributed by atoms with Crippen LogP contribution < -0.4 is 15.5 Å². The molecule has 0 aromatic heterocycles. The van der Waals surface area contributed by atoms with Gasteiger partial charge in [-0.1, -0.05) is 294 Å². The Morgan fingerprint density at radius 1 is 0.521 bits per heavy atom. The van der Waals surface area contributed by atoms with Gasteiger partial charge in [0.2, 0.25) is 11.6 Å². The van der Waals surface area contributed by atoms with Gasteiger partial charge >= 0.3 is 25.9 Å². The van der Waals surface area contributed by atoms with Crippen LogP contribution in [0.15, 0.2) is 84.6 Å². The SMILES string of the molecule is CCCCCCCCCCCCCCCCCCCC(=O)OC[C@H](COP(=O)(O)OCCNC(=O)OCCNC(=O)CCCCCN1C(=CC=CC=CC2=[N+](C)c3ccccc3C2(C)C)C(C)(C)c2ccccc21)OC(=O)CCCCCCCCCCCCCCCCCCC. The predicted molar refractivity (Wildman–Crippen MR) is 394 cm³/mol. The van der Waals surface area contributed by atoms with Gasteiger partial charge in [0.25, 0.3) is 0 Å². The molecule has 16 heteroatoms. The van der Waals surface area contributed by atoms with Crippen molar-refractivity contribution in [2.45, 2.75) is 315 Å². The van der Waals surface area contributed by atoms with Gasteiger partial charge in [-0.15, -0.1) is 0 Å². The van der Waals surface area contributed by atoms with Crippen molar-refractivity contribution in [3.8, 4) is 0 Å². The molecule has 0 bridgehead atoms. The normalized spacial score (nSPS) is 15.3. The summed E-state index contributed by atoms with van der Waals surface area (Å²) in [6.45, 7) is 13.1. The Morgan fingerprint density at radius 2 is 0.990 bits per heavy atom. The van der Waals surface area contributed by atoms with Gasteiger partial charge in [0, 0.05) is 66.9 Å². The molecule has 0 saturated heterocycles. The molecule has 3 N–H and O–H groups in total. The molecule has 1 unspecified atom stereocenters. The van der Waals surface area contributed by atoms with Crippen molar-refractivity contribution < 1.29 is 56.5 Å². The molecule has 0 fully saturated rings. The maximum atomic E-state index is 13.0. The average molecular weight is 1360 g/mol. The molecule has 542 valence electrons. The third kappa shape index (κ3) is 34.6. The molecule has 2 aliphatic heterocycles. The number of unbranched alkanes of at least 4 members (excludes halogenated alkanes) is 34. The Kier molecular flexibility index (Phi) is 43.6. The lowest BCUT2D eigenvalue weighted by atomic mass is 9.81. The van der Waals surface area contributed by atoms with E-state index in [2.05, 4.69) is 148 Å². The molecule has 0 saturated carbocycles. The van der Waals surface area contributed by atoms with Crippen molar-refractivity contribution in [1.29, 1.82) is 0 Å². The molecule has 2 amide bonds. The second kappa shape index (κ2) is 50.3. The molecular formula is C80H132N4O11P+. The number of nitrogens with zero attached hydrogens (tertiary/aromatic N) is 2. The molecule has 2 aromatic carbocycles. The first kappa shape index (κ1) is 83.3. The second-order valence-corrected chi connectivity index (χ2v) is 29.6. The number of anilines is 1. The standard InChI is InChI=1S/C80H131N4O11P/c1-8-10-12-14-16-18-20-22-24-26-28-30-32-34-36-38-45-59-76(86)92-66-68(95-77(87)60-46-39-37-35-33-31-29-27-25-23-21-19-17-15-13-11-9-2)67-94-96(89,90)93-65-62-82-78(88)91-64-61-81-75(85)58-44-41-51-63-84-72-55-50-48-53-70(72)80(5,6)74(84)57-43-40-42-56-73-79(3,4)69-52-47-49-54-71(69)83(73)7/h40,42-43,47-50,52-57,68H,8-39,41,44-46,51,58-67H2,1-7H3,(H2-,81,82,85,88,89,90)/p+1/t68-/m1/s1. The minimum absolute atomic E-state index is 0.0734. The summed E-state index contributed by atoms with van der Waals surface area (Å²) < 4.78 is 41.9. The molecule has 0 aliphatic carbocycles. The van der Waals surface area contributed by atoms with Crippen LogP contribution in [-0.2, 0) is 53.0 Å². The van der Waals surface area contributed by atoms with Crippen LogP contribution in [0.3, 0.4) is 0 Å². The van der Waals surface area contributed by atoms with E-state index in [-0.39, 0.29) is 55.9 Å². The van der Waals surface area contributed by atoms with Gasteiger partial charge in [-0.25, -0.2) is 9.36 Å². The zero-order valence-electron chi connectivity index (χ0n) is 61.2. The molecular weight excluding hydrogens is 1220 g/mol. The van der Waals surface area contributed by atoms with Gasteiger partial charge in [-0.2, -0.15) is 4.58 Å². The van der Waals surface area contributed by atoms with Crippen molar-refractivity contribution >= 4 is 48.8 Å². The first-order chi connectivity index (χ1) is 46.5. The maximum Gasteiger partial charge on any atom is 0.472 e. The third-order valence-electron chi connectivity index (χ3n) is 19.2. The highest BCUT2D eigenvalue weighted by atomic mass is 31.2. The van der Waals surface area contributed by atoms with Crippen LogP contribution in [0.2, 0.25) is 0 Å². The van der Waals surface area contributed by atoms with E-state index in [1.165, 1.54) is 201 Å². The molecule has 2 aromatic rings. The molecule has 4 rings (SSSR count). The molecule has 2 aliphatic rings. The minimum Gasteiger partial charge on any atom is -0.462 e. The summed E-state index contributed by atoms with van der Waals surface area (Å²) in [5.74, 6) is -1.05. The smallest absolute Gasteiger partial charge is 0.462 e. The topological polar surface area (TPSA) is 182 Å². The monoisotopic (exact) mass is 1360 g/mol. The minimum atomic E-state index is -4.68. The van der Waals surface area contributed by atoms with Crippen LogP contribution in [0, 0.1) is 0 Å².